The number of esters is 1. The summed E-state index contributed by atoms with van der Waals surface area (Å²) in [5.41, 5.74) is 10.9. The zero-order valence-electron chi connectivity index (χ0n) is 37.3. The van der Waals surface area contributed by atoms with E-state index in [2.05, 4.69) is 98.1 Å². The van der Waals surface area contributed by atoms with E-state index >= 15 is 0 Å². The number of cyclic esters (lactones) is 1. The number of amides is 2. The predicted octanol–water partition coefficient (Wildman–Crippen LogP) is 6.78. The highest BCUT2D eigenvalue weighted by Gasteiger charge is 2.42. The van der Waals surface area contributed by atoms with Crippen molar-refractivity contribution < 1.29 is 23.9 Å². The van der Waals surface area contributed by atoms with Gasteiger partial charge in [0.05, 0.1) is 46.7 Å². The maximum absolute atomic E-state index is 14.2. The molecule has 3 aromatic heterocycles. The van der Waals surface area contributed by atoms with Gasteiger partial charge in [-0.2, -0.15) is 0 Å². The van der Waals surface area contributed by atoms with Crippen LogP contribution in [0.3, 0.4) is 0 Å². The van der Waals surface area contributed by atoms with Gasteiger partial charge in [-0.15, -0.1) is 11.3 Å². The Balaban J connectivity index is 1.26. The number of thiazole rings is 1. The summed E-state index contributed by atoms with van der Waals surface area (Å²) >= 11 is 1.50. The van der Waals surface area contributed by atoms with Crippen molar-refractivity contribution in [2.75, 3.05) is 52.3 Å². The summed E-state index contributed by atoms with van der Waals surface area (Å²) in [6.07, 6.45) is 8.12. The van der Waals surface area contributed by atoms with Crippen molar-refractivity contribution in [3.63, 3.8) is 0 Å². The number of hydrogen-bond donors (Lipinski definition) is 2. The van der Waals surface area contributed by atoms with Gasteiger partial charge in [0.25, 0.3) is 5.91 Å². The van der Waals surface area contributed by atoms with Gasteiger partial charge in [0.2, 0.25) is 5.91 Å². The SMILES string of the molecule is CCn1c(-c2cc(N3CCCCC(N(C)C)C3)cnc2[C@H](C)OC)c2c3cc(ccc31)-c1csc(n1)C[C@H](NC(=O)[C@H]1C[C@@H]1C)C(=O)N1CCC[C@H](N1)C(=O)OCC(C)(C)C2. The van der Waals surface area contributed by atoms with Crippen LogP contribution in [0.1, 0.15) is 95.5 Å². The van der Waals surface area contributed by atoms with Crippen molar-refractivity contribution in [3.8, 4) is 22.5 Å². The Bertz CT molecular complexity index is 2270. The van der Waals surface area contributed by atoms with E-state index in [-0.39, 0.29) is 42.8 Å². The fraction of sp³-hybridized carbons (Fsp3) is 0.596. The molecule has 61 heavy (non-hydrogen) atoms. The number of anilines is 1. The molecule has 1 aromatic carbocycles. The summed E-state index contributed by atoms with van der Waals surface area (Å²) in [7, 11) is 6.09. The molecule has 328 valence electrons. The lowest BCUT2D eigenvalue weighted by atomic mass is 9.84. The highest BCUT2D eigenvalue weighted by molar-refractivity contribution is 7.10. The van der Waals surface area contributed by atoms with E-state index in [9.17, 15) is 14.4 Å². The van der Waals surface area contributed by atoms with Crippen LogP contribution in [-0.4, -0.2) is 108 Å². The van der Waals surface area contributed by atoms with Crippen LogP contribution >= 0.6 is 11.3 Å². The van der Waals surface area contributed by atoms with Crippen LogP contribution in [-0.2, 0) is 43.2 Å². The number of likely N-dealkylation sites (N-methyl/N-ethyl adjacent to an activating group) is 1. The highest BCUT2D eigenvalue weighted by Crippen LogP contribution is 2.43. The average molecular weight is 853 g/mol. The van der Waals surface area contributed by atoms with Crippen LogP contribution < -0.4 is 15.6 Å². The monoisotopic (exact) mass is 852 g/mol. The second kappa shape index (κ2) is 17.8. The molecule has 1 saturated carbocycles. The number of pyridine rings is 1. The fourth-order valence-corrected chi connectivity index (χ4v) is 10.4. The Hall–Kier alpha value is -4.37. The van der Waals surface area contributed by atoms with Crippen molar-refractivity contribution in [1.82, 2.24) is 35.2 Å². The van der Waals surface area contributed by atoms with Crippen LogP contribution in [0.2, 0.25) is 0 Å². The number of hydrogen-bond acceptors (Lipinski definition) is 11. The second-order valence-electron chi connectivity index (χ2n) is 18.8. The molecular weight excluding hydrogens is 789 g/mol. The number of rotatable bonds is 8. The minimum Gasteiger partial charge on any atom is -0.464 e. The molecule has 2 saturated heterocycles. The van der Waals surface area contributed by atoms with Gasteiger partial charge >= 0.3 is 5.97 Å². The number of fused-ring (bicyclic) bond motifs is 6. The number of aromatic nitrogens is 3. The number of hydrazine groups is 1. The highest BCUT2D eigenvalue weighted by atomic mass is 32.1. The first-order valence-electron chi connectivity index (χ1n) is 22.3. The van der Waals surface area contributed by atoms with E-state index < -0.39 is 17.5 Å². The molecular formula is C47H64N8O5S. The van der Waals surface area contributed by atoms with Crippen molar-refractivity contribution in [3.05, 3.63) is 52.1 Å². The fourth-order valence-electron chi connectivity index (χ4n) is 9.51. The number of aryl methyl sites for hydroxylation is 1. The van der Waals surface area contributed by atoms with E-state index in [1.165, 1.54) is 29.2 Å². The quantitative estimate of drug-likeness (QED) is 0.183. The second-order valence-corrected chi connectivity index (χ2v) is 19.8. The van der Waals surface area contributed by atoms with E-state index in [4.69, 9.17) is 19.4 Å². The van der Waals surface area contributed by atoms with Crippen molar-refractivity contribution in [1.29, 1.82) is 0 Å². The van der Waals surface area contributed by atoms with Crippen LogP contribution in [0, 0.1) is 17.3 Å². The van der Waals surface area contributed by atoms with Gasteiger partial charge in [0.15, 0.2) is 0 Å². The summed E-state index contributed by atoms with van der Waals surface area (Å²) in [5.74, 6) is -0.562. The number of methoxy groups -OCH3 is 1. The zero-order chi connectivity index (χ0) is 43.2. The van der Waals surface area contributed by atoms with Crippen LogP contribution in [0.25, 0.3) is 33.4 Å². The third-order valence-corrected chi connectivity index (χ3v) is 14.3. The third-order valence-electron chi connectivity index (χ3n) is 13.4. The van der Waals surface area contributed by atoms with Gasteiger partial charge < -0.3 is 29.2 Å². The van der Waals surface area contributed by atoms with E-state index in [1.54, 1.807) is 7.11 Å². The molecule has 4 aliphatic rings. The van der Waals surface area contributed by atoms with Crippen molar-refractivity contribution in [2.45, 2.75) is 117 Å². The molecule has 3 fully saturated rings. The molecule has 4 aromatic rings. The van der Waals surface area contributed by atoms with Gasteiger partial charge in [-0.05, 0) is 96.1 Å². The van der Waals surface area contributed by atoms with Gasteiger partial charge in [-0.1, -0.05) is 33.3 Å². The van der Waals surface area contributed by atoms with E-state index in [0.717, 1.165) is 87.8 Å². The Kier molecular flexibility index (Phi) is 12.6. The minimum absolute atomic E-state index is 0.0915. The van der Waals surface area contributed by atoms with Crippen LogP contribution in [0.4, 0.5) is 5.69 Å². The van der Waals surface area contributed by atoms with Crippen LogP contribution in [0.5, 0.6) is 0 Å². The van der Waals surface area contributed by atoms with Crippen molar-refractivity contribution >= 4 is 45.7 Å². The molecule has 14 heteroatoms. The molecule has 2 amide bonds. The molecule has 1 unspecified atom stereocenters. The smallest absolute Gasteiger partial charge is 0.324 e. The number of ether oxygens (including phenoxy) is 2. The summed E-state index contributed by atoms with van der Waals surface area (Å²) in [6.45, 7) is 13.8. The Labute approximate surface area is 364 Å². The molecule has 3 aliphatic heterocycles. The molecule has 6 atom stereocenters. The number of benzene rings is 1. The lowest BCUT2D eigenvalue weighted by Gasteiger charge is -2.35. The topological polar surface area (TPSA) is 134 Å². The molecule has 0 spiro atoms. The normalized spacial score (nSPS) is 25.2. The lowest BCUT2D eigenvalue weighted by molar-refractivity contribution is -0.155. The van der Waals surface area contributed by atoms with Gasteiger partial charge in [0.1, 0.15) is 12.1 Å². The summed E-state index contributed by atoms with van der Waals surface area (Å²) in [6, 6.07) is 7.85. The molecule has 6 bridgehead atoms. The maximum atomic E-state index is 14.2. The first kappa shape index (κ1) is 43.3. The van der Waals surface area contributed by atoms with Crippen molar-refractivity contribution in [2.24, 2.45) is 17.3 Å². The minimum atomic E-state index is -0.828. The number of carbonyl (C=O) groups excluding carboxylic acids is 3. The summed E-state index contributed by atoms with van der Waals surface area (Å²) < 4.78 is 14.6. The Morgan fingerprint density at radius 2 is 1.95 bits per heavy atom. The van der Waals surface area contributed by atoms with Gasteiger partial charge in [-0.3, -0.25) is 24.4 Å². The molecule has 1 aliphatic carbocycles. The van der Waals surface area contributed by atoms with Crippen LogP contribution in [0.15, 0.2) is 35.8 Å². The first-order valence-corrected chi connectivity index (χ1v) is 23.2. The molecule has 13 nitrogen and oxygen atoms in total. The number of carbonyl (C=O) groups is 3. The van der Waals surface area contributed by atoms with Gasteiger partial charge in [0, 0.05) is 84.5 Å². The number of nitrogens with one attached hydrogen (secondary N) is 2. The average Bonchev–Trinajstić information content (AvgIpc) is 3.80. The largest absolute Gasteiger partial charge is 0.464 e. The Morgan fingerprint density at radius 3 is 2.69 bits per heavy atom. The van der Waals surface area contributed by atoms with E-state index in [0.29, 0.717) is 37.8 Å². The number of nitrogens with zero attached hydrogens (tertiary/aromatic N) is 6. The molecule has 0 radical (unpaired) electrons. The lowest BCUT2D eigenvalue weighted by Crippen LogP contribution is -2.60. The first-order chi connectivity index (χ1) is 29.2. The standard InChI is InChI=1S/C47H64N8O5S/c1-9-54-40-16-15-30-20-34(40)36(43(54)35-21-32(24-48-42(35)29(3)59-8)53-17-11-10-13-31(25-53)52(6)7)23-47(4,5)27-60-46(58)37-14-12-18-55(51-37)45(57)38(22-41-49-39(30)26-61-41)50-44(56)33-19-28(33)2/h15-16,20-21,24,26,28-29,31,33,37-38,51H,9-14,17-19,22-23,25,27H2,1-8H3,(H,50,56)/t28-,29-,31?,33-,37-,38-/m0/s1. The zero-order valence-corrected chi connectivity index (χ0v) is 38.1. The summed E-state index contributed by atoms with van der Waals surface area (Å²) in [5, 5.41) is 8.49. The van der Waals surface area contributed by atoms with E-state index in [1.807, 2.05) is 11.6 Å². The van der Waals surface area contributed by atoms with Gasteiger partial charge in [-0.25, -0.2) is 10.4 Å². The molecule has 6 heterocycles. The third kappa shape index (κ3) is 9.10. The molecule has 8 rings (SSSR count). The summed E-state index contributed by atoms with van der Waals surface area (Å²) in [4.78, 5) is 56.4. The maximum Gasteiger partial charge on any atom is 0.324 e. The Morgan fingerprint density at radius 1 is 1.15 bits per heavy atom. The molecule has 2 N–H and O–H groups in total. The predicted molar refractivity (Wildman–Crippen MR) is 240 cm³/mol.